The molecule has 0 bridgehead atoms. The number of benzene rings is 2. The van der Waals surface area contributed by atoms with Gasteiger partial charge in [-0.2, -0.15) is 0 Å². The molecule has 0 atom stereocenters. The molecule has 176 valence electrons. The molecule has 2 heterocycles. The molecule has 0 saturated carbocycles. The summed E-state index contributed by atoms with van der Waals surface area (Å²) in [6.45, 7) is 7.99. The third-order valence-electron chi connectivity index (χ3n) is 7.30. The van der Waals surface area contributed by atoms with Crippen LogP contribution in [0.25, 0.3) is 0 Å². The van der Waals surface area contributed by atoms with Crippen LogP contribution in [0.15, 0.2) is 42.5 Å². The number of piperidine rings is 1. The lowest BCUT2D eigenvalue weighted by Crippen LogP contribution is -2.47. The Balaban J connectivity index is 1.69. The van der Waals surface area contributed by atoms with Crippen molar-refractivity contribution in [1.82, 2.24) is 4.90 Å². The largest absolute Gasteiger partial charge is 0.496 e. The van der Waals surface area contributed by atoms with Crippen LogP contribution in [0.2, 0.25) is 0 Å². The van der Waals surface area contributed by atoms with E-state index in [0.29, 0.717) is 18.9 Å². The highest BCUT2D eigenvalue weighted by Crippen LogP contribution is 2.49. The van der Waals surface area contributed by atoms with Gasteiger partial charge in [0.05, 0.1) is 7.11 Å². The highest BCUT2D eigenvalue weighted by molar-refractivity contribution is 5.97. The molecule has 33 heavy (non-hydrogen) atoms. The molecule has 1 spiro atoms. The fourth-order valence-electron chi connectivity index (χ4n) is 5.40. The summed E-state index contributed by atoms with van der Waals surface area (Å²) in [7, 11) is 1.73. The lowest BCUT2D eigenvalue weighted by molar-refractivity contribution is -0.130. The molecule has 1 fully saturated rings. The molecular formula is C28H36N2O3. The summed E-state index contributed by atoms with van der Waals surface area (Å²) in [5.74, 6) is 1.53. The first-order valence-electron chi connectivity index (χ1n) is 12.1. The second kappa shape index (κ2) is 9.58. The van der Waals surface area contributed by atoms with E-state index >= 15 is 0 Å². The zero-order valence-electron chi connectivity index (χ0n) is 20.4. The SMILES string of the molecule is COc1cc2c(cc1CCc1ccccc1)N(C(=O)CC(C)C)CC21CCN(C(C)=O)CC1. The van der Waals surface area contributed by atoms with Gasteiger partial charge < -0.3 is 14.5 Å². The maximum Gasteiger partial charge on any atom is 0.227 e. The van der Waals surface area contributed by atoms with Crippen LogP contribution < -0.4 is 9.64 Å². The van der Waals surface area contributed by atoms with Crippen LogP contribution in [-0.4, -0.2) is 43.5 Å². The molecule has 0 radical (unpaired) electrons. The van der Waals surface area contributed by atoms with Crippen molar-refractivity contribution in [3.8, 4) is 5.75 Å². The molecule has 2 amide bonds. The van der Waals surface area contributed by atoms with E-state index in [9.17, 15) is 9.59 Å². The number of ether oxygens (including phenoxy) is 1. The molecule has 2 aromatic rings. The van der Waals surface area contributed by atoms with E-state index in [4.69, 9.17) is 4.74 Å². The maximum atomic E-state index is 13.3. The number of aryl methyl sites for hydroxylation is 2. The van der Waals surface area contributed by atoms with Crippen molar-refractivity contribution in [2.75, 3.05) is 31.6 Å². The first-order chi connectivity index (χ1) is 15.8. The fraction of sp³-hybridized carbons (Fsp3) is 0.500. The summed E-state index contributed by atoms with van der Waals surface area (Å²) in [6.07, 6.45) is 4.07. The molecule has 0 N–H and O–H groups in total. The summed E-state index contributed by atoms with van der Waals surface area (Å²) in [4.78, 5) is 29.2. The Morgan fingerprint density at radius 2 is 1.76 bits per heavy atom. The molecule has 5 nitrogen and oxygen atoms in total. The Labute approximate surface area is 197 Å². The first kappa shape index (κ1) is 23.3. The number of methoxy groups -OCH3 is 1. The molecule has 5 heteroatoms. The molecule has 2 aliphatic rings. The van der Waals surface area contributed by atoms with E-state index in [-0.39, 0.29) is 17.2 Å². The van der Waals surface area contributed by atoms with Gasteiger partial charge in [0.25, 0.3) is 0 Å². The van der Waals surface area contributed by atoms with Gasteiger partial charge in [0, 0.05) is 44.1 Å². The molecule has 2 aliphatic heterocycles. The number of carbonyl (C=O) groups excluding carboxylic acids is 2. The average Bonchev–Trinajstić information content (AvgIpc) is 3.10. The van der Waals surface area contributed by atoms with Crippen LogP contribution in [0.1, 0.15) is 56.7 Å². The van der Waals surface area contributed by atoms with Crippen LogP contribution in [0.5, 0.6) is 5.75 Å². The number of hydrogen-bond donors (Lipinski definition) is 0. The molecule has 0 aliphatic carbocycles. The average molecular weight is 449 g/mol. The Morgan fingerprint density at radius 1 is 1.06 bits per heavy atom. The number of nitrogens with zero attached hydrogens (tertiary/aromatic N) is 2. The van der Waals surface area contributed by atoms with Gasteiger partial charge in [0.15, 0.2) is 0 Å². The third-order valence-corrected chi connectivity index (χ3v) is 7.30. The van der Waals surface area contributed by atoms with Crippen molar-refractivity contribution < 1.29 is 14.3 Å². The van der Waals surface area contributed by atoms with E-state index in [1.165, 1.54) is 11.1 Å². The van der Waals surface area contributed by atoms with Crippen molar-refractivity contribution in [3.63, 3.8) is 0 Å². The van der Waals surface area contributed by atoms with Gasteiger partial charge in [-0.3, -0.25) is 9.59 Å². The Kier molecular flexibility index (Phi) is 6.78. The number of fused-ring (bicyclic) bond motifs is 2. The van der Waals surface area contributed by atoms with Crippen LogP contribution in [0, 0.1) is 5.92 Å². The number of rotatable bonds is 6. The van der Waals surface area contributed by atoms with E-state index in [2.05, 4.69) is 50.2 Å². The number of anilines is 1. The zero-order chi connectivity index (χ0) is 23.6. The Bertz CT molecular complexity index is 1010. The Hall–Kier alpha value is -2.82. The predicted molar refractivity (Wildman–Crippen MR) is 132 cm³/mol. The molecule has 1 saturated heterocycles. The summed E-state index contributed by atoms with van der Waals surface area (Å²) in [5, 5.41) is 0. The predicted octanol–water partition coefficient (Wildman–Crippen LogP) is 4.75. The number of carbonyl (C=O) groups is 2. The molecular weight excluding hydrogens is 412 g/mol. The van der Waals surface area contributed by atoms with E-state index in [1.807, 2.05) is 15.9 Å². The minimum absolute atomic E-state index is 0.112. The van der Waals surface area contributed by atoms with Crippen molar-refractivity contribution in [2.24, 2.45) is 5.92 Å². The van der Waals surface area contributed by atoms with E-state index in [0.717, 1.165) is 55.8 Å². The van der Waals surface area contributed by atoms with Gasteiger partial charge in [-0.15, -0.1) is 0 Å². The zero-order valence-corrected chi connectivity index (χ0v) is 20.4. The molecule has 0 unspecified atom stereocenters. The van der Waals surface area contributed by atoms with Gasteiger partial charge in [0.1, 0.15) is 5.75 Å². The van der Waals surface area contributed by atoms with Crippen LogP contribution >= 0.6 is 0 Å². The monoisotopic (exact) mass is 448 g/mol. The van der Waals surface area contributed by atoms with Crippen molar-refractivity contribution in [3.05, 3.63) is 59.2 Å². The van der Waals surface area contributed by atoms with Crippen LogP contribution in [0.4, 0.5) is 5.69 Å². The minimum Gasteiger partial charge on any atom is -0.496 e. The Morgan fingerprint density at radius 3 is 2.36 bits per heavy atom. The summed E-state index contributed by atoms with van der Waals surface area (Å²) < 4.78 is 5.84. The van der Waals surface area contributed by atoms with E-state index < -0.39 is 0 Å². The van der Waals surface area contributed by atoms with Gasteiger partial charge in [0.2, 0.25) is 11.8 Å². The maximum absolute atomic E-state index is 13.3. The van der Waals surface area contributed by atoms with E-state index in [1.54, 1.807) is 14.0 Å². The van der Waals surface area contributed by atoms with Crippen LogP contribution in [0.3, 0.4) is 0 Å². The summed E-state index contributed by atoms with van der Waals surface area (Å²) >= 11 is 0. The fourth-order valence-corrected chi connectivity index (χ4v) is 5.40. The smallest absolute Gasteiger partial charge is 0.227 e. The molecule has 2 aromatic carbocycles. The topological polar surface area (TPSA) is 49.9 Å². The lowest BCUT2D eigenvalue weighted by Gasteiger charge is -2.39. The quantitative estimate of drug-likeness (QED) is 0.641. The summed E-state index contributed by atoms with van der Waals surface area (Å²) in [6, 6.07) is 14.8. The van der Waals surface area contributed by atoms with Gasteiger partial charge in [-0.25, -0.2) is 0 Å². The second-order valence-electron chi connectivity index (χ2n) is 10.0. The standard InChI is InChI=1S/C28H36N2O3/c1-20(2)16-27(32)30-19-28(12-14-29(15-13-28)21(3)31)24-18-26(33-4)23(17-25(24)30)11-10-22-8-6-5-7-9-22/h5-9,17-18,20H,10-16,19H2,1-4H3. The normalized spacial score (nSPS) is 16.9. The van der Waals surface area contributed by atoms with Gasteiger partial charge in [-0.05, 0) is 60.4 Å². The van der Waals surface area contributed by atoms with Gasteiger partial charge in [-0.1, -0.05) is 44.2 Å². The minimum atomic E-state index is -0.112. The lowest BCUT2D eigenvalue weighted by atomic mass is 9.74. The highest BCUT2D eigenvalue weighted by atomic mass is 16.5. The van der Waals surface area contributed by atoms with Crippen molar-refractivity contribution >= 4 is 17.5 Å². The van der Waals surface area contributed by atoms with Crippen LogP contribution in [-0.2, 0) is 27.8 Å². The van der Waals surface area contributed by atoms with Crippen molar-refractivity contribution in [1.29, 1.82) is 0 Å². The first-order valence-corrected chi connectivity index (χ1v) is 12.1. The number of likely N-dealkylation sites (tertiary alicyclic amines) is 1. The number of amides is 2. The van der Waals surface area contributed by atoms with Crippen molar-refractivity contribution in [2.45, 2.75) is 58.3 Å². The molecule has 4 rings (SSSR count). The third kappa shape index (κ3) is 4.78. The highest BCUT2D eigenvalue weighted by Gasteiger charge is 2.47. The second-order valence-corrected chi connectivity index (χ2v) is 10.0. The van der Waals surface area contributed by atoms with Gasteiger partial charge >= 0.3 is 0 Å². The number of hydrogen-bond acceptors (Lipinski definition) is 3. The molecule has 0 aromatic heterocycles. The summed E-state index contributed by atoms with van der Waals surface area (Å²) in [5.41, 5.74) is 4.57.